The fraction of sp³-hybridized carbons (Fsp3) is 0.100. The minimum absolute atomic E-state index is 0.201. The molecule has 0 unspecified atom stereocenters. The number of methoxy groups -OCH3 is 2. The van der Waals surface area contributed by atoms with Crippen molar-refractivity contribution in [3.8, 4) is 11.5 Å². The van der Waals surface area contributed by atoms with E-state index < -0.39 is 11.8 Å². The van der Waals surface area contributed by atoms with Crippen LogP contribution in [0, 0.1) is 6.92 Å². The number of amides is 2. The van der Waals surface area contributed by atoms with Gasteiger partial charge in [0, 0.05) is 22.8 Å². The molecule has 0 aromatic heterocycles. The van der Waals surface area contributed by atoms with Gasteiger partial charge in [-0.15, -0.1) is 0 Å². The van der Waals surface area contributed by atoms with Crippen molar-refractivity contribution in [1.82, 2.24) is 0 Å². The van der Waals surface area contributed by atoms with Crippen molar-refractivity contribution in [2.45, 2.75) is 6.92 Å². The number of rotatable bonds is 8. The summed E-state index contributed by atoms with van der Waals surface area (Å²) in [5.74, 6) is -0.179. The summed E-state index contributed by atoms with van der Waals surface area (Å²) >= 11 is 0. The number of carbonyl (C=O) groups is 3. The lowest BCUT2D eigenvalue weighted by Gasteiger charge is -2.15. The molecule has 0 saturated heterocycles. The van der Waals surface area contributed by atoms with E-state index in [4.69, 9.17) is 9.47 Å². The van der Waals surface area contributed by atoms with Gasteiger partial charge in [-0.3, -0.25) is 14.4 Å². The molecule has 0 saturated carbocycles. The van der Waals surface area contributed by atoms with Gasteiger partial charge in [0.1, 0.15) is 11.5 Å². The summed E-state index contributed by atoms with van der Waals surface area (Å²) in [6.45, 7) is 1.88. The number of hydrogen-bond donors (Lipinski definition) is 2. The fourth-order valence-corrected chi connectivity index (χ4v) is 3.81. The first-order valence-electron chi connectivity index (χ1n) is 11.5. The van der Waals surface area contributed by atoms with Crippen molar-refractivity contribution in [3.63, 3.8) is 0 Å². The second kappa shape index (κ2) is 11.2. The Morgan fingerprint density at radius 3 is 1.86 bits per heavy atom. The Hall–Kier alpha value is -4.91. The number of para-hydroxylation sites is 1. The summed E-state index contributed by atoms with van der Waals surface area (Å²) in [4.78, 5) is 39.5. The predicted molar refractivity (Wildman–Crippen MR) is 143 cm³/mol. The van der Waals surface area contributed by atoms with Gasteiger partial charge in [0.05, 0.1) is 31.2 Å². The van der Waals surface area contributed by atoms with Crippen molar-refractivity contribution >= 4 is 29.0 Å². The maximum Gasteiger partial charge on any atom is 0.257 e. The normalized spacial score (nSPS) is 10.4. The number of nitrogens with one attached hydrogen (secondary N) is 2. The zero-order valence-electron chi connectivity index (χ0n) is 20.7. The van der Waals surface area contributed by atoms with Gasteiger partial charge in [-0.2, -0.15) is 0 Å². The van der Waals surface area contributed by atoms with Crippen molar-refractivity contribution in [2.24, 2.45) is 0 Å². The van der Waals surface area contributed by atoms with Crippen LogP contribution in [-0.2, 0) is 0 Å². The van der Waals surface area contributed by atoms with Gasteiger partial charge in [-0.05, 0) is 43.3 Å². The molecule has 186 valence electrons. The van der Waals surface area contributed by atoms with Crippen LogP contribution in [-0.4, -0.2) is 31.8 Å². The zero-order valence-corrected chi connectivity index (χ0v) is 20.7. The van der Waals surface area contributed by atoms with E-state index in [0.717, 1.165) is 5.56 Å². The molecular formula is C30H26N2O5. The maximum absolute atomic E-state index is 13.3. The first-order valence-corrected chi connectivity index (χ1v) is 11.5. The van der Waals surface area contributed by atoms with Gasteiger partial charge >= 0.3 is 0 Å². The van der Waals surface area contributed by atoms with Gasteiger partial charge in [0.15, 0.2) is 5.78 Å². The van der Waals surface area contributed by atoms with Crippen molar-refractivity contribution in [2.75, 3.05) is 24.9 Å². The number of benzene rings is 4. The van der Waals surface area contributed by atoms with Crippen LogP contribution in [0.4, 0.5) is 11.4 Å². The molecule has 0 radical (unpaired) electrons. The van der Waals surface area contributed by atoms with Crippen LogP contribution >= 0.6 is 0 Å². The quantitative estimate of drug-likeness (QED) is 0.304. The summed E-state index contributed by atoms with van der Waals surface area (Å²) in [6, 6.07) is 25.6. The number of anilines is 2. The average molecular weight is 495 g/mol. The van der Waals surface area contributed by atoms with E-state index in [9.17, 15) is 14.4 Å². The smallest absolute Gasteiger partial charge is 0.257 e. The van der Waals surface area contributed by atoms with Crippen molar-refractivity contribution in [3.05, 3.63) is 119 Å². The first kappa shape index (κ1) is 25.2. The van der Waals surface area contributed by atoms with Crippen LogP contribution < -0.4 is 20.1 Å². The lowest BCUT2D eigenvalue weighted by Crippen LogP contribution is -2.19. The molecule has 37 heavy (non-hydrogen) atoms. The van der Waals surface area contributed by atoms with Gasteiger partial charge in [0.25, 0.3) is 11.8 Å². The Morgan fingerprint density at radius 1 is 0.595 bits per heavy atom. The number of aryl methyl sites for hydroxylation is 1. The molecule has 0 spiro atoms. The van der Waals surface area contributed by atoms with Crippen LogP contribution in [0.25, 0.3) is 0 Å². The molecule has 0 atom stereocenters. The zero-order chi connectivity index (χ0) is 26.4. The summed E-state index contributed by atoms with van der Waals surface area (Å²) in [7, 11) is 3.00. The van der Waals surface area contributed by atoms with Crippen LogP contribution in [0.2, 0.25) is 0 Å². The Kier molecular flexibility index (Phi) is 7.64. The molecule has 0 heterocycles. The highest BCUT2D eigenvalue weighted by molar-refractivity contribution is 6.17. The first-order chi connectivity index (χ1) is 17.9. The van der Waals surface area contributed by atoms with E-state index >= 15 is 0 Å². The second-order valence-corrected chi connectivity index (χ2v) is 8.30. The Labute approximate surface area is 215 Å². The molecule has 0 aliphatic heterocycles. The Morgan fingerprint density at radius 2 is 1.19 bits per heavy atom. The Balaban J connectivity index is 1.61. The molecule has 4 aromatic rings. The SMILES string of the molecule is COc1cc(OC)cc(C(=O)Nc2ccccc2C(=O)Nc2ccc(C)cc2C(=O)c2ccccc2)c1. The van der Waals surface area contributed by atoms with E-state index in [1.54, 1.807) is 78.9 Å². The van der Waals surface area contributed by atoms with Crippen LogP contribution in [0.15, 0.2) is 91.0 Å². The third-order valence-electron chi connectivity index (χ3n) is 5.74. The minimum Gasteiger partial charge on any atom is -0.497 e. The van der Waals surface area contributed by atoms with E-state index in [1.165, 1.54) is 14.2 Å². The molecule has 0 bridgehead atoms. The molecule has 0 aliphatic rings. The summed E-state index contributed by atoms with van der Waals surface area (Å²) in [5.41, 5.74) is 3.02. The van der Waals surface area contributed by atoms with Crippen LogP contribution in [0.3, 0.4) is 0 Å². The van der Waals surface area contributed by atoms with Gasteiger partial charge in [-0.1, -0.05) is 54.1 Å². The molecule has 2 amide bonds. The third-order valence-corrected chi connectivity index (χ3v) is 5.74. The standard InChI is InChI=1S/C30H26N2O5/c1-19-13-14-27(25(15-19)28(33)20-9-5-4-6-10-20)32-30(35)24-11-7-8-12-26(24)31-29(34)21-16-22(36-2)18-23(17-21)37-3/h4-18H,1-3H3,(H,31,34)(H,32,35). The van der Waals surface area contributed by atoms with Crippen molar-refractivity contribution < 1.29 is 23.9 Å². The van der Waals surface area contributed by atoms with Gasteiger partial charge < -0.3 is 20.1 Å². The summed E-state index contributed by atoms with van der Waals surface area (Å²) in [5, 5.41) is 5.63. The second-order valence-electron chi connectivity index (χ2n) is 8.30. The van der Waals surface area contributed by atoms with E-state index in [2.05, 4.69) is 10.6 Å². The van der Waals surface area contributed by atoms with E-state index in [1.807, 2.05) is 19.1 Å². The largest absolute Gasteiger partial charge is 0.497 e. The molecule has 0 fully saturated rings. The number of carbonyl (C=O) groups excluding carboxylic acids is 3. The molecule has 2 N–H and O–H groups in total. The highest BCUT2D eigenvalue weighted by Crippen LogP contribution is 2.26. The molecular weight excluding hydrogens is 468 g/mol. The highest BCUT2D eigenvalue weighted by Gasteiger charge is 2.19. The molecule has 4 rings (SSSR count). The fourth-order valence-electron chi connectivity index (χ4n) is 3.81. The van der Waals surface area contributed by atoms with Crippen molar-refractivity contribution in [1.29, 1.82) is 0 Å². The van der Waals surface area contributed by atoms with E-state index in [0.29, 0.717) is 39.6 Å². The third kappa shape index (κ3) is 5.85. The Bertz CT molecular complexity index is 1440. The molecule has 7 heteroatoms. The maximum atomic E-state index is 13.3. The monoisotopic (exact) mass is 494 g/mol. The number of ketones is 1. The number of hydrogen-bond acceptors (Lipinski definition) is 5. The summed E-state index contributed by atoms with van der Waals surface area (Å²) < 4.78 is 10.5. The topological polar surface area (TPSA) is 93.7 Å². The molecule has 0 aliphatic carbocycles. The molecule has 7 nitrogen and oxygen atoms in total. The molecule has 4 aromatic carbocycles. The van der Waals surface area contributed by atoms with Crippen LogP contribution in [0.1, 0.15) is 42.2 Å². The number of ether oxygens (including phenoxy) is 2. The van der Waals surface area contributed by atoms with Crippen LogP contribution in [0.5, 0.6) is 11.5 Å². The summed E-state index contributed by atoms with van der Waals surface area (Å²) in [6.07, 6.45) is 0. The predicted octanol–water partition coefficient (Wildman–Crippen LogP) is 5.75. The minimum atomic E-state index is -0.468. The lowest BCUT2D eigenvalue weighted by molar-refractivity contribution is 0.102. The van der Waals surface area contributed by atoms with Gasteiger partial charge in [0.2, 0.25) is 0 Å². The lowest BCUT2D eigenvalue weighted by atomic mass is 9.99. The van der Waals surface area contributed by atoms with Gasteiger partial charge in [-0.25, -0.2) is 0 Å². The highest BCUT2D eigenvalue weighted by atomic mass is 16.5. The average Bonchev–Trinajstić information content (AvgIpc) is 2.93. The van der Waals surface area contributed by atoms with E-state index in [-0.39, 0.29) is 11.3 Å².